The van der Waals surface area contributed by atoms with Crippen molar-refractivity contribution in [2.45, 2.75) is 0 Å². The number of nitro groups is 1. The lowest BCUT2D eigenvalue weighted by molar-refractivity contribution is -0.380. The number of hydrogen-bond acceptors (Lipinski definition) is 7. The van der Waals surface area contributed by atoms with Gasteiger partial charge in [0.1, 0.15) is 5.01 Å². The molecule has 0 unspecified atom stereocenters. The Morgan fingerprint density at radius 2 is 2.28 bits per heavy atom. The van der Waals surface area contributed by atoms with Crippen LogP contribution < -0.4 is 5.84 Å². The first kappa shape index (κ1) is 12.4. The number of hydrazone groups is 1. The van der Waals surface area contributed by atoms with Gasteiger partial charge in [-0.3, -0.25) is 10.1 Å². The Kier molecular flexibility index (Phi) is 3.80. The first-order valence-corrected chi connectivity index (χ1v) is 6.50. The Bertz CT molecular complexity index is 615. The molecule has 0 aliphatic carbocycles. The Morgan fingerprint density at radius 3 is 2.94 bits per heavy atom. The van der Waals surface area contributed by atoms with Crippen molar-refractivity contribution in [2.24, 2.45) is 10.9 Å². The molecule has 0 saturated heterocycles. The van der Waals surface area contributed by atoms with Crippen LogP contribution in [0.5, 0.6) is 0 Å². The summed E-state index contributed by atoms with van der Waals surface area (Å²) in [6.45, 7) is 0. The molecule has 18 heavy (non-hydrogen) atoms. The van der Waals surface area contributed by atoms with E-state index < -0.39 is 4.92 Å². The summed E-state index contributed by atoms with van der Waals surface area (Å²) in [6.07, 6.45) is 5.05. The summed E-state index contributed by atoms with van der Waals surface area (Å²) < 4.78 is 0. The molecule has 2 heterocycles. The second kappa shape index (κ2) is 5.52. The van der Waals surface area contributed by atoms with Crippen molar-refractivity contribution in [3.8, 4) is 0 Å². The predicted molar refractivity (Wildman–Crippen MR) is 73.8 cm³/mol. The van der Waals surface area contributed by atoms with E-state index in [-0.39, 0.29) is 5.00 Å². The normalized spacial score (nSPS) is 11.6. The number of nitrogens with zero attached hydrogens (tertiary/aromatic N) is 3. The Hall–Kier alpha value is -2.06. The molecule has 8 heteroatoms. The van der Waals surface area contributed by atoms with Crippen molar-refractivity contribution in [1.82, 2.24) is 4.98 Å². The minimum atomic E-state index is -0.402. The van der Waals surface area contributed by atoms with Crippen molar-refractivity contribution in [3.63, 3.8) is 0 Å². The quantitative estimate of drug-likeness (QED) is 0.403. The molecule has 2 aromatic heterocycles. The van der Waals surface area contributed by atoms with Gasteiger partial charge in [-0.1, -0.05) is 11.3 Å². The fourth-order valence-corrected chi connectivity index (χ4v) is 2.58. The number of nitrogens with two attached hydrogens (primary N) is 1. The van der Waals surface area contributed by atoms with E-state index in [1.54, 1.807) is 18.2 Å². The molecule has 0 aliphatic rings. The average molecular weight is 280 g/mol. The highest BCUT2D eigenvalue weighted by Gasteiger charge is 2.07. The van der Waals surface area contributed by atoms with Gasteiger partial charge in [-0.2, -0.15) is 5.10 Å². The maximum absolute atomic E-state index is 10.5. The molecular weight excluding hydrogens is 272 g/mol. The third-order valence-corrected chi connectivity index (χ3v) is 3.76. The van der Waals surface area contributed by atoms with Crippen LogP contribution in [0.2, 0.25) is 0 Å². The standard InChI is InChI=1S/C10H8N4O2S2/c11-12-5-7-6-17-9(13-7)3-1-8-2-4-10(18-8)14(15)16/h1-6H,11H2. The van der Waals surface area contributed by atoms with Crippen molar-refractivity contribution < 1.29 is 4.92 Å². The molecule has 92 valence electrons. The highest BCUT2D eigenvalue weighted by Crippen LogP contribution is 2.25. The van der Waals surface area contributed by atoms with Gasteiger partial charge in [0.15, 0.2) is 0 Å². The van der Waals surface area contributed by atoms with Gasteiger partial charge in [0.25, 0.3) is 0 Å². The van der Waals surface area contributed by atoms with Crippen LogP contribution in [0.3, 0.4) is 0 Å². The summed E-state index contributed by atoms with van der Waals surface area (Å²) in [5, 5.41) is 16.6. The maximum atomic E-state index is 10.5. The first-order valence-electron chi connectivity index (χ1n) is 4.80. The molecule has 2 N–H and O–H groups in total. The highest BCUT2D eigenvalue weighted by molar-refractivity contribution is 7.16. The zero-order chi connectivity index (χ0) is 13.0. The second-order valence-corrected chi connectivity index (χ2v) is 5.14. The van der Waals surface area contributed by atoms with E-state index in [9.17, 15) is 10.1 Å². The summed E-state index contributed by atoms with van der Waals surface area (Å²) in [5.74, 6) is 5.02. The average Bonchev–Trinajstić information content (AvgIpc) is 2.95. The number of aromatic nitrogens is 1. The van der Waals surface area contributed by atoms with E-state index in [1.165, 1.54) is 23.6 Å². The van der Waals surface area contributed by atoms with Crippen LogP contribution in [0.4, 0.5) is 5.00 Å². The van der Waals surface area contributed by atoms with Crippen LogP contribution in [0.15, 0.2) is 22.6 Å². The Labute approximate surface area is 110 Å². The Balaban J connectivity index is 2.11. The van der Waals surface area contributed by atoms with Crippen molar-refractivity contribution in [2.75, 3.05) is 0 Å². The third kappa shape index (κ3) is 2.99. The minimum Gasteiger partial charge on any atom is -0.323 e. The third-order valence-electron chi connectivity index (χ3n) is 1.93. The molecule has 0 fully saturated rings. The van der Waals surface area contributed by atoms with E-state index >= 15 is 0 Å². The van der Waals surface area contributed by atoms with Crippen LogP contribution >= 0.6 is 22.7 Å². The molecule has 0 spiro atoms. The summed E-state index contributed by atoms with van der Waals surface area (Å²) >= 11 is 2.57. The van der Waals surface area contributed by atoms with Gasteiger partial charge in [0.05, 0.1) is 16.8 Å². The van der Waals surface area contributed by atoms with E-state index in [0.717, 1.165) is 21.2 Å². The molecule has 6 nitrogen and oxygen atoms in total. The lowest BCUT2D eigenvalue weighted by atomic mass is 10.4. The predicted octanol–water partition coefficient (Wildman–Crippen LogP) is 2.58. The molecule has 0 bridgehead atoms. The van der Waals surface area contributed by atoms with Crippen LogP contribution in [0.25, 0.3) is 12.2 Å². The smallest absolute Gasteiger partial charge is 0.323 e. The molecule has 2 aromatic rings. The van der Waals surface area contributed by atoms with E-state index in [4.69, 9.17) is 5.84 Å². The lowest BCUT2D eigenvalue weighted by Gasteiger charge is -1.83. The zero-order valence-corrected chi connectivity index (χ0v) is 10.6. The van der Waals surface area contributed by atoms with Crippen LogP contribution in [-0.4, -0.2) is 16.1 Å². The number of rotatable bonds is 4. The fourth-order valence-electron chi connectivity index (χ4n) is 1.20. The summed E-state index contributed by atoms with van der Waals surface area (Å²) in [4.78, 5) is 15.2. The second-order valence-electron chi connectivity index (χ2n) is 3.16. The lowest BCUT2D eigenvalue weighted by Crippen LogP contribution is -1.85. The highest BCUT2D eigenvalue weighted by atomic mass is 32.1. The molecule has 0 amide bonds. The van der Waals surface area contributed by atoms with Crippen molar-refractivity contribution >= 4 is 46.0 Å². The molecule has 0 atom stereocenters. The number of hydrogen-bond donors (Lipinski definition) is 1. The topological polar surface area (TPSA) is 94.4 Å². The van der Waals surface area contributed by atoms with Gasteiger partial charge in [0, 0.05) is 16.3 Å². The SMILES string of the molecule is NN=Cc1csc(C=Cc2ccc([N+](=O)[O-])s2)n1. The van der Waals surface area contributed by atoms with E-state index in [0.29, 0.717) is 5.69 Å². The van der Waals surface area contributed by atoms with E-state index in [2.05, 4.69) is 10.1 Å². The summed E-state index contributed by atoms with van der Waals surface area (Å²) in [6, 6.07) is 3.19. The van der Waals surface area contributed by atoms with Gasteiger partial charge < -0.3 is 5.84 Å². The van der Waals surface area contributed by atoms with Crippen LogP contribution in [0.1, 0.15) is 15.6 Å². The van der Waals surface area contributed by atoms with Gasteiger partial charge >= 0.3 is 5.00 Å². The number of thiazole rings is 1. The monoisotopic (exact) mass is 280 g/mol. The van der Waals surface area contributed by atoms with Crippen LogP contribution in [-0.2, 0) is 0 Å². The largest absolute Gasteiger partial charge is 0.324 e. The van der Waals surface area contributed by atoms with Crippen LogP contribution in [0, 0.1) is 10.1 Å². The molecule has 0 radical (unpaired) electrons. The molecule has 0 saturated carbocycles. The van der Waals surface area contributed by atoms with E-state index in [1.807, 2.05) is 5.38 Å². The first-order chi connectivity index (χ1) is 8.69. The van der Waals surface area contributed by atoms with Gasteiger partial charge in [0.2, 0.25) is 0 Å². The van der Waals surface area contributed by atoms with Gasteiger partial charge in [-0.05, 0) is 18.2 Å². The molecule has 0 aliphatic heterocycles. The maximum Gasteiger partial charge on any atom is 0.324 e. The minimum absolute atomic E-state index is 0.129. The van der Waals surface area contributed by atoms with Crippen molar-refractivity contribution in [3.05, 3.63) is 43.2 Å². The number of thiophene rings is 1. The zero-order valence-electron chi connectivity index (χ0n) is 9.02. The summed E-state index contributed by atoms with van der Waals surface area (Å²) in [5.41, 5.74) is 0.694. The summed E-state index contributed by atoms with van der Waals surface area (Å²) in [7, 11) is 0. The van der Waals surface area contributed by atoms with Crippen molar-refractivity contribution in [1.29, 1.82) is 0 Å². The molecule has 2 rings (SSSR count). The fraction of sp³-hybridized carbons (Fsp3) is 0. The van der Waals surface area contributed by atoms with Gasteiger partial charge in [-0.15, -0.1) is 11.3 Å². The Morgan fingerprint density at radius 1 is 1.44 bits per heavy atom. The molecule has 0 aromatic carbocycles. The molecular formula is C10H8N4O2S2. The van der Waals surface area contributed by atoms with Gasteiger partial charge in [-0.25, -0.2) is 4.98 Å².